The molecular weight excluding hydrogens is 1030 g/mol. The first-order chi connectivity index (χ1) is 38.7. The van der Waals surface area contributed by atoms with Gasteiger partial charge in [-0.3, -0.25) is 24.0 Å². The lowest BCUT2D eigenvalue weighted by atomic mass is 9.90. The molecule has 2 unspecified atom stereocenters. The van der Waals surface area contributed by atoms with Gasteiger partial charge in [0.2, 0.25) is 12.3 Å². The van der Waals surface area contributed by atoms with Gasteiger partial charge in [0, 0.05) is 5.56 Å². The van der Waals surface area contributed by atoms with Crippen LogP contribution < -0.4 is 20.7 Å². The van der Waals surface area contributed by atoms with Crippen LogP contribution in [0.15, 0.2) is 144 Å². The Kier molecular flexibility index (Phi) is 23.1. The number of rotatable bonds is 30. The zero-order valence-corrected chi connectivity index (χ0v) is 45.0. The third-order valence-electron chi connectivity index (χ3n) is 12.7. The average Bonchev–Trinajstić information content (AvgIpc) is 4.01. The van der Waals surface area contributed by atoms with Crippen molar-refractivity contribution in [3.05, 3.63) is 184 Å². The molecule has 5 aromatic carbocycles. The largest absolute Gasteiger partial charge is 0.481 e. The number of nitrogens with zero attached hydrogens (tertiary/aromatic N) is 1. The molecule has 4 amide bonds. The van der Waals surface area contributed by atoms with E-state index >= 15 is 0 Å². The van der Waals surface area contributed by atoms with Gasteiger partial charge in [0.25, 0.3) is 11.8 Å². The molecule has 0 spiro atoms. The van der Waals surface area contributed by atoms with Crippen LogP contribution in [-0.4, -0.2) is 78.4 Å². The number of unbranched alkanes of at least 4 members (excludes halogenated alkanes) is 2. The number of furan rings is 1. The zero-order chi connectivity index (χ0) is 57.4. The molecule has 0 aliphatic heterocycles. The van der Waals surface area contributed by atoms with Crippen molar-refractivity contribution in [2.24, 2.45) is 5.92 Å². The van der Waals surface area contributed by atoms with E-state index in [2.05, 4.69) is 16.0 Å². The molecule has 0 aliphatic carbocycles. The summed E-state index contributed by atoms with van der Waals surface area (Å²) < 4.78 is 42.3. The number of esters is 3. The molecule has 420 valence electrons. The number of carbonyl (C=O) groups is 8. The number of hydrogen-bond acceptors (Lipinski definition) is 14. The van der Waals surface area contributed by atoms with Crippen molar-refractivity contribution in [2.45, 2.75) is 104 Å². The SMILES string of the molecule is CCCCCC(C(=O)NCNC(=O)c1ccc(-c2ccc(C(=O)NC(CC(=O)OCc3ccccc3)C(=O)OCc3ccccc3)c(OCC(=O)OCc3ccccc3)c2)o1)[C@@H](CC)N(C=O)OC(=O)c1ccc(F)cc1C(C)C. The van der Waals surface area contributed by atoms with Crippen LogP contribution in [0, 0.1) is 11.7 Å². The summed E-state index contributed by atoms with van der Waals surface area (Å²) in [5.74, 6) is -7.39. The summed E-state index contributed by atoms with van der Waals surface area (Å²) in [6.45, 7) is 5.98. The van der Waals surface area contributed by atoms with Crippen LogP contribution in [0.2, 0.25) is 0 Å². The number of hydroxylamine groups is 2. The van der Waals surface area contributed by atoms with Crippen LogP contribution in [0.1, 0.15) is 126 Å². The standard InChI is InChI=1S/C61H65FN4O14/c1-5-7-11-24-47(51(6-2)66(39-67)80-60(73)46-28-26-45(62)32-49(46)40(3)4)57(70)63-38-64-59(72)53-30-29-52(79-53)44-25-27-48(54(31-44)75-37-56(69)77-35-42-20-14-9-15-21-42)58(71)65-50(61(74)78-36-43-22-16-10-17-23-43)33-55(68)76-34-41-18-12-8-13-19-41/h8-10,12-23,25-32,39-40,47,50-51H,5-7,11,24,33-38H2,1-4H3,(H,63,70)(H,64,72)(H,65,71)/t47?,50?,51-/m1/s1. The van der Waals surface area contributed by atoms with E-state index in [4.69, 9.17) is 28.2 Å². The minimum Gasteiger partial charge on any atom is -0.481 e. The van der Waals surface area contributed by atoms with Gasteiger partial charge in [-0.2, -0.15) is 5.06 Å². The van der Waals surface area contributed by atoms with E-state index in [1.165, 1.54) is 42.5 Å². The van der Waals surface area contributed by atoms with Gasteiger partial charge in [-0.1, -0.05) is 144 Å². The van der Waals surface area contributed by atoms with Gasteiger partial charge in [-0.15, -0.1) is 0 Å². The van der Waals surface area contributed by atoms with Gasteiger partial charge in [-0.25, -0.2) is 18.8 Å². The van der Waals surface area contributed by atoms with Crippen LogP contribution in [0.3, 0.4) is 0 Å². The summed E-state index contributed by atoms with van der Waals surface area (Å²) in [4.78, 5) is 113. The molecular formula is C61H65FN4O14. The number of amides is 4. The van der Waals surface area contributed by atoms with Gasteiger partial charge in [0.05, 0.1) is 36.2 Å². The van der Waals surface area contributed by atoms with Crippen LogP contribution in [0.5, 0.6) is 5.75 Å². The van der Waals surface area contributed by atoms with Crippen LogP contribution in [0.4, 0.5) is 4.39 Å². The van der Waals surface area contributed by atoms with Crippen molar-refractivity contribution in [2.75, 3.05) is 13.3 Å². The van der Waals surface area contributed by atoms with Gasteiger partial charge in [-0.05, 0) is 83.5 Å². The monoisotopic (exact) mass is 1100 g/mol. The maximum Gasteiger partial charge on any atom is 0.363 e. The molecule has 1 aromatic heterocycles. The number of benzene rings is 5. The lowest BCUT2D eigenvalue weighted by molar-refractivity contribution is -0.171. The third kappa shape index (κ3) is 18.0. The van der Waals surface area contributed by atoms with Crippen LogP contribution >= 0.6 is 0 Å². The van der Waals surface area contributed by atoms with Crippen LogP contribution in [-0.2, 0) is 62.8 Å². The fourth-order valence-electron chi connectivity index (χ4n) is 8.43. The summed E-state index contributed by atoms with van der Waals surface area (Å²) in [6, 6.07) is 34.9. The first-order valence-corrected chi connectivity index (χ1v) is 26.3. The fourth-order valence-corrected chi connectivity index (χ4v) is 8.43. The lowest BCUT2D eigenvalue weighted by Crippen LogP contribution is -2.49. The van der Waals surface area contributed by atoms with Gasteiger partial charge < -0.3 is 44.2 Å². The average molecular weight is 1100 g/mol. The van der Waals surface area contributed by atoms with Gasteiger partial charge in [0.15, 0.2) is 12.4 Å². The van der Waals surface area contributed by atoms with E-state index in [1.807, 2.05) is 19.1 Å². The number of ether oxygens (including phenoxy) is 4. The number of nitrogens with one attached hydrogen (secondary N) is 3. The Bertz CT molecular complexity index is 3040. The Morgan fingerprint density at radius 2 is 1.29 bits per heavy atom. The van der Waals surface area contributed by atoms with E-state index < -0.39 is 78.4 Å². The second-order valence-electron chi connectivity index (χ2n) is 18.8. The second-order valence-corrected chi connectivity index (χ2v) is 18.8. The topological polar surface area (TPSA) is 235 Å². The van der Waals surface area contributed by atoms with Crippen LogP contribution in [0.25, 0.3) is 11.3 Å². The molecule has 19 heteroatoms. The highest BCUT2D eigenvalue weighted by atomic mass is 19.1. The molecule has 0 saturated heterocycles. The van der Waals surface area contributed by atoms with E-state index in [0.717, 1.165) is 29.5 Å². The first-order valence-electron chi connectivity index (χ1n) is 26.3. The predicted octanol–water partition coefficient (Wildman–Crippen LogP) is 9.32. The molecule has 6 aromatic rings. The fraction of sp³-hybridized carbons (Fsp3) is 0.311. The van der Waals surface area contributed by atoms with E-state index in [1.54, 1.807) is 99.6 Å². The molecule has 0 fully saturated rings. The van der Waals surface area contributed by atoms with Crippen molar-refractivity contribution < 1.29 is 70.9 Å². The van der Waals surface area contributed by atoms with Crippen molar-refractivity contribution >= 4 is 48.0 Å². The highest BCUT2D eigenvalue weighted by Gasteiger charge is 2.34. The molecule has 3 atom stereocenters. The molecule has 80 heavy (non-hydrogen) atoms. The second kappa shape index (κ2) is 30.7. The molecule has 0 bridgehead atoms. The number of hydrogen-bond donors (Lipinski definition) is 3. The van der Waals surface area contributed by atoms with E-state index in [9.17, 15) is 42.7 Å². The molecule has 1 heterocycles. The molecule has 0 saturated carbocycles. The Hall–Kier alpha value is -9.13. The lowest BCUT2D eigenvalue weighted by Gasteiger charge is -2.32. The minimum atomic E-state index is -1.53. The normalized spacial score (nSPS) is 12.0. The summed E-state index contributed by atoms with van der Waals surface area (Å²) in [5, 5.41) is 8.68. The molecule has 3 N–H and O–H groups in total. The highest BCUT2D eigenvalue weighted by molar-refractivity contribution is 6.00. The molecule has 18 nitrogen and oxygen atoms in total. The Morgan fingerprint density at radius 1 is 0.675 bits per heavy atom. The minimum absolute atomic E-state index is 0.0570. The predicted molar refractivity (Wildman–Crippen MR) is 290 cm³/mol. The molecule has 0 aliphatic rings. The smallest absolute Gasteiger partial charge is 0.363 e. The summed E-state index contributed by atoms with van der Waals surface area (Å²) in [7, 11) is 0. The zero-order valence-electron chi connectivity index (χ0n) is 45.0. The molecule has 0 radical (unpaired) electrons. The highest BCUT2D eigenvalue weighted by Crippen LogP contribution is 2.30. The van der Waals surface area contributed by atoms with Crippen molar-refractivity contribution in [1.82, 2.24) is 21.0 Å². The Labute approximate surface area is 463 Å². The maximum atomic E-state index is 14.2. The Balaban J connectivity index is 1.16. The Morgan fingerprint density at radius 3 is 1.89 bits per heavy atom. The first kappa shape index (κ1) is 60.1. The summed E-state index contributed by atoms with van der Waals surface area (Å²) >= 11 is 0. The number of carbonyl (C=O) groups excluding carboxylic acids is 8. The van der Waals surface area contributed by atoms with Gasteiger partial charge >= 0.3 is 23.9 Å². The summed E-state index contributed by atoms with van der Waals surface area (Å²) in [5.41, 5.74) is 2.66. The number of halogens is 1. The third-order valence-corrected chi connectivity index (χ3v) is 12.7. The molecule has 6 rings (SSSR count). The maximum absolute atomic E-state index is 14.2. The van der Waals surface area contributed by atoms with Crippen molar-refractivity contribution in [3.63, 3.8) is 0 Å². The van der Waals surface area contributed by atoms with E-state index in [-0.39, 0.29) is 72.8 Å². The quantitative estimate of drug-likeness (QED) is 0.00952. The summed E-state index contributed by atoms with van der Waals surface area (Å²) in [6.07, 6.45) is 2.48. The van der Waals surface area contributed by atoms with Crippen molar-refractivity contribution in [1.29, 1.82) is 0 Å². The van der Waals surface area contributed by atoms with E-state index in [0.29, 0.717) is 35.9 Å². The van der Waals surface area contributed by atoms with Crippen molar-refractivity contribution in [3.8, 4) is 17.1 Å². The van der Waals surface area contributed by atoms with Gasteiger partial charge in [0.1, 0.15) is 43.2 Å².